The fourth-order valence-corrected chi connectivity index (χ4v) is 1.93. The molecule has 0 aliphatic rings. The first-order chi connectivity index (χ1) is 9.72. The molecule has 0 saturated carbocycles. The van der Waals surface area contributed by atoms with E-state index in [1.807, 2.05) is 12.1 Å². The molecule has 0 bridgehead atoms. The Morgan fingerprint density at radius 1 is 1.20 bits per heavy atom. The predicted octanol–water partition coefficient (Wildman–Crippen LogP) is 1.51. The normalized spacial score (nSPS) is 10.6. The highest BCUT2D eigenvalue weighted by Crippen LogP contribution is 2.13. The number of benzene rings is 1. The molecule has 1 aromatic carbocycles. The molecule has 2 aromatic heterocycles. The van der Waals surface area contributed by atoms with Gasteiger partial charge >= 0.3 is 0 Å². The Hall–Kier alpha value is -2.89. The molecular weight excluding hydrogens is 254 g/mol. The maximum Gasteiger partial charge on any atom is 0.260 e. The standard InChI is InChI=1S/C14H13N5O/c15-10-1-2-12-11(7-10)13(20)19-14(18-12)17-8-9-3-5-16-6-4-9/h1-7H,8,15H2,(H2,17,18,19,20). The average molecular weight is 267 g/mol. The van der Waals surface area contributed by atoms with Crippen LogP contribution in [0.15, 0.2) is 47.5 Å². The van der Waals surface area contributed by atoms with E-state index in [0.717, 1.165) is 5.56 Å². The van der Waals surface area contributed by atoms with Gasteiger partial charge in [-0.05, 0) is 35.9 Å². The van der Waals surface area contributed by atoms with Crippen molar-refractivity contribution in [3.05, 3.63) is 58.6 Å². The Bertz CT molecular complexity index is 798. The summed E-state index contributed by atoms with van der Waals surface area (Å²) in [5.74, 6) is 0.434. The van der Waals surface area contributed by atoms with Gasteiger partial charge in [0.2, 0.25) is 5.95 Å². The van der Waals surface area contributed by atoms with E-state index >= 15 is 0 Å². The van der Waals surface area contributed by atoms with Crippen molar-refractivity contribution in [2.24, 2.45) is 0 Å². The number of hydrogen-bond donors (Lipinski definition) is 3. The zero-order chi connectivity index (χ0) is 13.9. The quantitative estimate of drug-likeness (QED) is 0.625. The van der Waals surface area contributed by atoms with Crippen LogP contribution in [-0.2, 0) is 6.54 Å². The van der Waals surface area contributed by atoms with Gasteiger partial charge in [0.15, 0.2) is 0 Å². The fourth-order valence-electron chi connectivity index (χ4n) is 1.93. The summed E-state index contributed by atoms with van der Waals surface area (Å²) in [6, 6.07) is 8.87. The largest absolute Gasteiger partial charge is 0.399 e. The van der Waals surface area contributed by atoms with E-state index in [-0.39, 0.29) is 5.56 Å². The molecule has 0 spiro atoms. The van der Waals surface area contributed by atoms with Gasteiger partial charge in [-0.25, -0.2) is 4.98 Å². The number of fused-ring (bicyclic) bond motifs is 1. The highest BCUT2D eigenvalue weighted by Gasteiger charge is 2.04. The van der Waals surface area contributed by atoms with Crippen LogP contribution < -0.4 is 16.6 Å². The van der Waals surface area contributed by atoms with E-state index in [1.54, 1.807) is 30.6 Å². The smallest absolute Gasteiger partial charge is 0.260 e. The number of hydrogen-bond acceptors (Lipinski definition) is 5. The minimum Gasteiger partial charge on any atom is -0.399 e. The molecule has 0 unspecified atom stereocenters. The van der Waals surface area contributed by atoms with Crippen molar-refractivity contribution >= 4 is 22.5 Å². The molecule has 4 N–H and O–H groups in total. The van der Waals surface area contributed by atoms with Crippen molar-refractivity contribution in [3.8, 4) is 0 Å². The Labute approximate surface area is 114 Å². The SMILES string of the molecule is Nc1ccc2nc(NCc3ccncc3)[nH]c(=O)c2c1. The van der Waals surface area contributed by atoms with Crippen LogP contribution in [0, 0.1) is 0 Å². The predicted molar refractivity (Wildman–Crippen MR) is 78.3 cm³/mol. The second-order valence-electron chi connectivity index (χ2n) is 4.40. The maximum absolute atomic E-state index is 12.0. The molecule has 6 heteroatoms. The maximum atomic E-state index is 12.0. The molecule has 3 rings (SSSR count). The van der Waals surface area contributed by atoms with E-state index < -0.39 is 0 Å². The van der Waals surface area contributed by atoms with Gasteiger partial charge in [0.1, 0.15) is 0 Å². The molecule has 0 fully saturated rings. The molecule has 0 aliphatic heterocycles. The summed E-state index contributed by atoms with van der Waals surface area (Å²) in [5, 5.41) is 3.57. The summed E-state index contributed by atoms with van der Waals surface area (Å²) in [7, 11) is 0. The lowest BCUT2D eigenvalue weighted by molar-refractivity contribution is 1.05. The Morgan fingerprint density at radius 2 is 2.00 bits per heavy atom. The first-order valence-electron chi connectivity index (χ1n) is 6.15. The molecule has 2 heterocycles. The molecule has 6 nitrogen and oxygen atoms in total. The molecule has 0 radical (unpaired) electrons. The number of nitrogen functional groups attached to an aromatic ring is 1. The number of nitrogens with two attached hydrogens (primary N) is 1. The molecular formula is C14H13N5O. The van der Waals surface area contributed by atoms with Gasteiger partial charge in [0.25, 0.3) is 5.56 Å². The fraction of sp³-hybridized carbons (Fsp3) is 0.0714. The third-order valence-corrected chi connectivity index (χ3v) is 2.94. The van der Waals surface area contributed by atoms with Crippen molar-refractivity contribution in [1.29, 1.82) is 0 Å². The molecule has 20 heavy (non-hydrogen) atoms. The molecule has 0 atom stereocenters. The number of nitrogens with one attached hydrogen (secondary N) is 2. The summed E-state index contributed by atoms with van der Waals surface area (Å²) in [6.07, 6.45) is 3.44. The monoisotopic (exact) mass is 267 g/mol. The zero-order valence-corrected chi connectivity index (χ0v) is 10.6. The van der Waals surface area contributed by atoms with Gasteiger partial charge in [0, 0.05) is 24.6 Å². The van der Waals surface area contributed by atoms with Crippen LogP contribution in [0.4, 0.5) is 11.6 Å². The van der Waals surface area contributed by atoms with Crippen molar-refractivity contribution in [2.45, 2.75) is 6.54 Å². The summed E-state index contributed by atoms with van der Waals surface area (Å²) >= 11 is 0. The van der Waals surface area contributed by atoms with Crippen LogP contribution in [0.25, 0.3) is 10.9 Å². The Morgan fingerprint density at radius 3 is 2.80 bits per heavy atom. The van der Waals surface area contributed by atoms with Crippen molar-refractivity contribution < 1.29 is 0 Å². The minimum atomic E-state index is -0.209. The first kappa shape index (κ1) is 12.2. The number of anilines is 2. The number of nitrogens with zero attached hydrogens (tertiary/aromatic N) is 2. The van der Waals surface area contributed by atoms with Crippen LogP contribution in [0.2, 0.25) is 0 Å². The van der Waals surface area contributed by atoms with Gasteiger partial charge in [-0.3, -0.25) is 14.8 Å². The van der Waals surface area contributed by atoms with E-state index in [0.29, 0.717) is 29.1 Å². The van der Waals surface area contributed by atoms with Crippen LogP contribution in [0.1, 0.15) is 5.56 Å². The molecule has 0 aliphatic carbocycles. The third-order valence-electron chi connectivity index (χ3n) is 2.94. The lowest BCUT2D eigenvalue weighted by atomic mass is 10.2. The average Bonchev–Trinajstić information content (AvgIpc) is 2.47. The highest BCUT2D eigenvalue weighted by atomic mass is 16.1. The Balaban J connectivity index is 1.89. The van der Waals surface area contributed by atoms with Crippen LogP contribution in [-0.4, -0.2) is 15.0 Å². The summed E-state index contributed by atoms with van der Waals surface area (Å²) < 4.78 is 0. The van der Waals surface area contributed by atoms with Crippen LogP contribution in [0.5, 0.6) is 0 Å². The number of H-pyrrole nitrogens is 1. The van der Waals surface area contributed by atoms with Crippen molar-refractivity contribution in [3.63, 3.8) is 0 Å². The van der Waals surface area contributed by atoms with Gasteiger partial charge in [-0.15, -0.1) is 0 Å². The van der Waals surface area contributed by atoms with Gasteiger partial charge < -0.3 is 11.1 Å². The van der Waals surface area contributed by atoms with E-state index in [4.69, 9.17) is 5.73 Å². The van der Waals surface area contributed by atoms with E-state index in [2.05, 4.69) is 20.3 Å². The number of pyridine rings is 1. The Kier molecular flexibility index (Phi) is 3.04. The zero-order valence-electron chi connectivity index (χ0n) is 10.6. The summed E-state index contributed by atoms with van der Waals surface area (Å²) in [6.45, 7) is 0.561. The van der Waals surface area contributed by atoms with Crippen molar-refractivity contribution in [2.75, 3.05) is 11.1 Å². The molecule has 0 amide bonds. The molecule has 0 saturated heterocycles. The van der Waals surface area contributed by atoms with E-state index in [1.165, 1.54) is 0 Å². The highest BCUT2D eigenvalue weighted by molar-refractivity contribution is 5.81. The lowest BCUT2D eigenvalue weighted by Gasteiger charge is -2.06. The van der Waals surface area contributed by atoms with E-state index in [9.17, 15) is 4.79 Å². The third kappa shape index (κ3) is 2.44. The number of aromatic amines is 1. The van der Waals surface area contributed by atoms with Gasteiger partial charge in [-0.1, -0.05) is 0 Å². The van der Waals surface area contributed by atoms with Gasteiger partial charge in [0.05, 0.1) is 10.9 Å². The minimum absolute atomic E-state index is 0.209. The topological polar surface area (TPSA) is 96.7 Å². The first-order valence-corrected chi connectivity index (χ1v) is 6.15. The molecule has 3 aromatic rings. The second-order valence-corrected chi connectivity index (χ2v) is 4.40. The van der Waals surface area contributed by atoms with Crippen molar-refractivity contribution in [1.82, 2.24) is 15.0 Å². The number of aromatic nitrogens is 3. The summed E-state index contributed by atoms with van der Waals surface area (Å²) in [5.41, 5.74) is 7.67. The van der Waals surface area contributed by atoms with Crippen LogP contribution >= 0.6 is 0 Å². The van der Waals surface area contributed by atoms with Gasteiger partial charge in [-0.2, -0.15) is 0 Å². The number of rotatable bonds is 3. The molecule has 100 valence electrons. The summed E-state index contributed by atoms with van der Waals surface area (Å²) in [4.78, 5) is 23.0. The van der Waals surface area contributed by atoms with Crippen LogP contribution in [0.3, 0.4) is 0 Å². The lowest BCUT2D eigenvalue weighted by Crippen LogP contribution is -2.13. The second kappa shape index (κ2) is 5.00.